The Labute approximate surface area is 412 Å². The molecule has 68 heavy (non-hydrogen) atoms. The summed E-state index contributed by atoms with van der Waals surface area (Å²) in [6, 6.07) is 31.6. The van der Waals surface area contributed by atoms with E-state index < -0.39 is 17.9 Å². The molecule has 0 saturated carbocycles. The first-order valence-electron chi connectivity index (χ1n) is 24.8. The lowest BCUT2D eigenvalue weighted by molar-refractivity contribution is 0.0723. The monoisotopic (exact) mass is 988 g/mol. The Hall–Kier alpha value is -5.81. The number of carbonyl (C=O) groups excluding carboxylic acids is 3. The van der Waals surface area contributed by atoms with Crippen LogP contribution < -0.4 is 23.7 Å². The SMILES string of the molecule is CCCCCCCCCCCCOc1ccc(N=Nc2ccc(C(=O)Oc3ccc(C(=O)Oc4cc(OC(=O)c5ccc(OCCCCCCCCCCCC)cc5)ccc4Br)cc3)cc2)cc1. The maximum absolute atomic E-state index is 13.1. The highest BCUT2D eigenvalue weighted by atomic mass is 79.9. The van der Waals surface area contributed by atoms with Crippen molar-refractivity contribution < 1.29 is 38.1 Å². The van der Waals surface area contributed by atoms with Gasteiger partial charge in [-0.1, -0.05) is 129 Å². The highest BCUT2D eigenvalue weighted by Gasteiger charge is 2.16. The van der Waals surface area contributed by atoms with Gasteiger partial charge in [-0.25, -0.2) is 14.4 Å². The van der Waals surface area contributed by atoms with Crippen LogP contribution in [0.2, 0.25) is 0 Å². The van der Waals surface area contributed by atoms with Crippen molar-refractivity contribution in [2.75, 3.05) is 13.2 Å². The normalized spacial score (nSPS) is 11.1. The third-order valence-electron chi connectivity index (χ3n) is 11.5. The van der Waals surface area contributed by atoms with Gasteiger partial charge in [0.15, 0.2) is 0 Å². The van der Waals surface area contributed by atoms with Gasteiger partial charge in [-0.15, -0.1) is 0 Å². The third-order valence-corrected chi connectivity index (χ3v) is 12.1. The van der Waals surface area contributed by atoms with Crippen LogP contribution in [0, 0.1) is 0 Å². The van der Waals surface area contributed by atoms with Gasteiger partial charge in [0.2, 0.25) is 0 Å². The number of azo groups is 1. The minimum Gasteiger partial charge on any atom is -0.494 e. The molecule has 11 heteroatoms. The maximum Gasteiger partial charge on any atom is 0.343 e. The van der Waals surface area contributed by atoms with Gasteiger partial charge >= 0.3 is 17.9 Å². The molecule has 5 aromatic carbocycles. The van der Waals surface area contributed by atoms with Gasteiger partial charge in [0, 0.05) is 6.07 Å². The third kappa shape index (κ3) is 20.2. The fourth-order valence-corrected chi connectivity index (χ4v) is 7.74. The second kappa shape index (κ2) is 31.3. The van der Waals surface area contributed by atoms with Crippen LogP contribution in [0.4, 0.5) is 11.4 Å². The lowest BCUT2D eigenvalue weighted by atomic mass is 10.1. The van der Waals surface area contributed by atoms with E-state index in [-0.39, 0.29) is 22.8 Å². The van der Waals surface area contributed by atoms with E-state index in [4.69, 9.17) is 23.7 Å². The molecule has 0 amide bonds. The quantitative estimate of drug-likeness (QED) is 0.0181. The van der Waals surface area contributed by atoms with E-state index in [0.717, 1.165) is 25.0 Å². The standard InChI is InChI=1S/C57H69BrN2O8/c1-3-5-7-9-11-13-15-17-19-21-41-64-49-33-25-45(26-34-49)56(62)67-52-39-40-53(58)54(43-52)68-57(63)46-27-35-51(36-28-46)66-55(61)44-23-29-47(30-24-44)59-60-48-31-37-50(38-32-48)65-42-22-20-18-16-14-12-10-8-6-4-2/h23-40,43H,3-22,41-42H2,1-2H3. The Balaban J connectivity index is 0.988. The molecule has 0 N–H and O–H groups in total. The highest BCUT2D eigenvalue weighted by molar-refractivity contribution is 9.10. The lowest BCUT2D eigenvalue weighted by Gasteiger charge is -2.10. The number of halogens is 1. The van der Waals surface area contributed by atoms with Crippen LogP contribution >= 0.6 is 15.9 Å². The first-order chi connectivity index (χ1) is 33.3. The predicted octanol–water partition coefficient (Wildman–Crippen LogP) is 17.1. The summed E-state index contributed by atoms with van der Waals surface area (Å²) in [6.07, 6.45) is 25.5. The number of hydrogen-bond donors (Lipinski definition) is 0. The Kier molecular flexibility index (Phi) is 24.4. The second-order valence-corrected chi connectivity index (χ2v) is 18.0. The summed E-state index contributed by atoms with van der Waals surface area (Å²) in [5.41, 5.74) is 2.16. The number of unbranched alkanes of at least 4 members (excludes halogenated alkanes) is 18. The van der Waals surface area contributed by atoms with Gasteiger partial charge in [-0.05, 0) is 138 Å². The van der Waals surface area contributed by atoms with E-state index in [9.17, 15) is 14.4 Å². The number of benzene rings is 5. The average molecular weight is 990 g/mol. The number of esters is 3. The summed E-state index contributed by atoms with van der Waals surface area (Å²) >= 11 is 3.40. The van der Waals surface area contributed by atoms with Crippen molar-refractivity contribution in [3.8, 4) is 28.7 Å². The number of nitrogens with zero attached hydrogens (tertiary/aromatic N) is 2. The number of carbonyl (C=O) groups is 3. The molecule has 0 bridgehead atoms. The molecule has 0 aliphatic heterocycles. The fraction of sp³-hybridized carbons (Fsp3) is 0.421. The number of hydrogen-bond acceptors (Lipinski definition) is 10. The zero-order valence-corrected chi connectivity index (χ0v) is 41.7. The van der Waals surface area contributed by atoms with E-state index in [2.05, 4.69) is 40.0 Å². The Bertz CT molecular complexity index is 2260. The summed E-state index contributed by atoms with van der Waals surface area (Å²) in [7, 11) is 0. The fourth-order valence-electron chi connectivity index (χ4n) is 7.41. The molecule has 0 aromatic heterocycles. The minimum absolute atomic E-state index is 0.159. The van der Waals surface area contributed by atoms with E-state index >= 15 is 0 Å². The average Bonchev–Trinajstić information content (AvgIpc) is 3.36. The molecule has 5 rings (SSSR count). The van der Waals surface area contributed by atoms with Gasteiger partial charge in [0.05, 0.1) is 45.8 Å². The first kappa shape index (κ1) is 53.1. The van der Waals surface area contributed by atoms with E-state index in [1.54, 1.807) is 60.7 Å². The highest BCUT2D eigenvalue weighted by Crippen LogP contribution is 2.31. The Morgan fingerprint density at radius 2 is 0.706 bits per heavy atom. The molecule has 0 heterocycles. The maximum atomic E-state index is 13.1. The molecule has 0 radical (unpaired) electrons. The zero-order valence-electron chi connectivity index (χ0n) is 40.1. The van der Waals surface area contributed by atoms with Crippen molar-refractivity contribution in [3.63, 3.8) is 0 Å². The molecule has 0 spiro atoms. The number of rotatable bonds is 32. The van der Waals surface area contributed by atoms with Gasteiger partial charge < -0.3 is 23.7 Å². The van der Waals surface area contributed by atoms with Gasteiger partial charge in [-0.2, -0.15) is 10.2 Å². The van der Waals surface area contributed by atoms with Crippen molar-refractivity contribution in [1.29, 1.82) is 0 Å². The van der Waals surface area contributed by atoms with Crippen LogP contribution in [0.5, 0.6) is 28.7 Å². The molecule has 362 valence electrons. The van der Waals surface area contributed by atoms with Crippen molar-refractivity contribution in [3.05, 3.63) is 136 Å². The summed E-state index contributed by atoms with van der Waals surface area (Å²) in [6.45, 7) is 5.84. The van der Waals surface area contributed by atoms with Crippen molar-refractivity contribution in [1.82, 2.24) is 0 Å². The summed E-state index contributed by atoms with van der Waals surface area (Å²) in [5.74, 6) is 0.323. The molecule has 0 unspecified atom stereocenters. The van der Waals surface area contributed by atoms with E-state index in [1.165, 1.54) is 139 Å². The van der Waals surface area contributed by atoms with Crippen LogP contribution in [0.25, 0.3) is 0 Å². The van der Waals surface area contributed by atoms with E-state index in [0.29, 0.717) is 45.9 Å². The smallest absolute Gasteiger partial charge is 0.343 e. The van der Waals surface area contributed by atoms with Crippen LogP contribution in [-0.4, -0.2) is 31.1 Å². The molecule has 0 aliphatic carbocycles. The van der Waals surface area contributed by atoms with Crippen LogP contribution in [-0.2, 0) is 0 Å². The zero-order chi connectivity index (χ0) is 48.0. The molecular formula is C57H69BrN2O8. The predicted molar refractivity (Wildman–Crippen MR) is 274 cm³/mol. The van der Waals surface area contributed by atoms with Gasteiger partial charge in [-0.3, -0.25) is 0 Å². The molecule has 0 saturated heterocycles. The second-order valence-electron chi connectivity index (χ2n) is 17.1. The summed E-state index contributed by atoms with van der Waals surface area (Å²) in [4.78, 5) is 39.0. The largest absolute Gasteiger partial charge is 0.494 e. The molecule has 0 atom stereocenters. The minimum atomic E-state index is -0.658. The molecule has 5 aromatic rings. The first-order valence-corrected chi connectivity index (χ1v) is 25.6. The Morgan fingerprint density at radius 1 is 0.382 bits per heavy atom. The lowest BCUT2D eigenvalue weighted by Crippen LogP contribution is -2.11. The van der Waals surface area contributed by atoms with Gasteiger partial charge in [0.1, 0.15) is 28.7 Å². The van der Waals surface area contributed by atoms with Crippen LogP contribution in [0.15, 0.2) is 130 Å². The molecule has 10 nitrogen and oxygen atoms in total. The molecule has 0 fully saturated rings. The topological polar surface area (TPSA) is 122 Å². The molecular weight excluding hydrogens is 921 g/mol. The van der Waals surface area contributed by atoms with E-state index in [1.807, 2.05) is 24.3 Å². The summed E-state index contributed by atoms with van der Waals surface area (Å²) < 4.78 is 29.1. The van der Waals surface area contributed by atoms with Crippen molar-refractivity contribution in [2.45, 2.75) is 142 Å². The van der Waals surface area contributed by atoms with Crippen molar-refractivity contribution >= 4 is 45.2 Å². The van der Waals surface area contributed by atoms with Crippen molar-refractivity contribution in [2.24, 2.45) is 10.2 Å². The summed E-state index contributed by atoms with van der Waals surface area (Å²) in [5, 5.41) is 8.61. The van der Waals surface area contributed by atoms with Crippen LogP contribution in [0.3, 0.4) is 0 Å². The molecule has 0 aliphatic rings. The van der Waals surface area contributed by atoms with Crippen LogP contribution in [0.1, 0.15) is 173 Å². The Morgan fingerprint density at radius 3 is 1.15 bits per heavy atom. The number of ether oxygens (including phenoxy) is 5. The van der Waals surface area contributed by atoms with Gasteiger partial charge in [0.25, 0.3) is 0 Å².